The number of carbonyl (C=O) groups excluding carboxylic acids is 2. The van der Waals surface area contributed by atoms with Crippen LogP contribution in [-0.4, -0.2) is 32.0 Å². The van der Waals surface area contributed by atoms with Gasteiger partial charge in [0.15, 0.2) is 0 Å². The Morgan fingerprint density at radius 1 is 1.30 bits per heavy atom. The van der Waals surface area contributed by atoms with Crippen LogP contribution in [0.25, 0.3) is 0 Å². The lowest BCUT2D eigenvalue weighted by molar-refractivity contribution is -0.124. The van der Waals surface area contributed by atoms with Gasteiger partial charge in [-0.2, -0.15) is 0 Å². The molecule has 20 heavy (non-hydrogen) atoms. The average Bonchev–Trinajstić information content (AvgIpc) is 2.89. The molecule has 2 amide bonds. The minimum absolute atomic E-state index is 0.0219. The molecule has 1 heterocycles. The molecular weight excluding hydrogens is 254 g/mol. The summed E-state index contributed by atoms with van der Waals surface area (Å²) < 4.78 is 0. The van der Waals surface area contributed by atoms with Crippen molar-refractivity contribution in [2.75, 3.05) is 25.5 Å². The maximum Gasteiger partial charge on any atom is 0.231 e. The van der Waals surface area contributed by atoms with Crippen LogP contribution in [-0.2, 0) is 16.0 Å². The summed E-state index contributed by atoms with van der Waals surface area (Å²) in [5.74, 6) is 0.0212. The quantitative estimate of drug-likeness (QED) is 0.765. The monoisotopic (exact) mass is 275 g/mol. The predicted molar refractivity (Wildman–Crippen MR) is 78.4 cm³/mol. The van der Waals surface area contributed by atoms with E-state index in [1.54, 1.807) is 7.05 Å². The summed E-state index contributed by atoms with van der Waals surface area (Å²) in [6, 6.07) is 7.39. The molecule has 0 radical (unpaired) electrons. The normalized spacial score (nSPS) is 21.5. The van der Waals surface area contributed by atoms with Crippen molar-refractivity contribution in [1.29, 1.82) is 0 Å². The van der Waals surface area contributed by atoms with Gasteiger partial charge in [0, 0.05) is 19.3 Å². The number of likely N-dealkylation sites (N-methyl/N-ethyl adjacent to an activating group) is 1. The van der Waals surface area contributed by atoms with E-state index < -0.39 is 0 Å². The highest BCUT2D eigenvalue weighted by molar-refractivity contribution is 5.95. The molecule has 0 bridgehead atoms. The van der Waals surface area contributed by atoms with Crippen molar-refractivity contribution in [2.45, 2.75) is 19.8 Å². The second-order valence-corrected chi connectivity index (χ2v) is 5.49. The Labute approximate surface area is 119 Å². The summed E-state index contributed by atoms with van der Waals surface area (Å²) >= 11 is 0. The fourth-order valence-corrected chi connectivity index (χ4v) is 2.27. The molecule has 108 valence electrons. The van der Waals surface area contributed by atoms with Crippen molar-refractivity contribution in [2.24, 2.45) is 5.41 Å². The summed E-state index contributed by atoms with van der Waals surface area (Å²) in [4.78, 5) is 23.5. The molecule has 5 heteroatoms. The van der Waals surface area contributed by atoms with Crippen LogP contribution in [0.5, 0.6) is 0 Å². The van der Waals surface area contributed by atoms with E-state index >= 15 is 0 Å². The number of anilines is 1. The van der Waals surface area contributed by atoms with Crippen LogP contribution in [0, 0.1) is 5.41 Å². The highest BCUT2D eigenvalue weighted by atomic mass is 16.2. The van der Waals surface area contributed by atoms with Crippen LogP contribution >= 0.6 is 0 Å². The van der Waals surface area contributed by atoms with E-state index in [0.29, 0.717) is 13.0 Å². The summed E-state index contributed by atoms with van der Waals surface area (Å²) in [7, 11) is 1.62. The largest absolute Gasteiger partial charge is 0.359 e. The molecule has 1 fully saturated rings. The van der Waals surface area contributed by atoms with Crippen LogP contribution in [0.15, 0.2) is 24.3 Å². The van der Waals surface area contributed by atoms with E-state index in [-0.39, 0.29) is 17.2 Å². The van der Waals surface area contributed by atoms with Crippen molar-refractivity contribution in [1.82, 2.24) is 10.6 Å². The maximum absolute atomic E-state index is 12.2. The molecule has 1 aromatic rings. The number of hydrogen-bond acceptors (Lipinski definition) is 3. The Balaban J connectivity index is 1.96. The van der Waals surface area contributed by atoms with Crippen molar-refractivity contribution < 1.29 is 9.59 Å². The maximum atomic E-state index is 12.2. The van der Waals surface area contributed by atoms with Crippen LogP contribution in [0.3, 0.4) is 0 Å². The number of carbonyl (C=O) groups is 2. The first-order valence-electron chi connectivity index (χ1n) is 6.85. The number of nitrogens with one attached hydrogen (secondary N) is 3. The first-order chi connectivity index (χ1) is 9.53. The van der Waals surface area contributed by atoms with Gasteiger partial charge in [-0.25, -0.2) is 0 Å². The smallest absolute Gasteiger partial charge is 0.231 e. The van der Waals surface area contributed by atoms with Crippen molar-refractivity contribution in [3.63, 3.8) is 0 Å². The summed E-state index contributed by atoms with van der Waals surface area (Å²) in [6.07, 6.45) is 1.21. The summed E-state index contributed by atoms with van der Waals surface area (Å²) in [5.41, 5.74) is 1.36. The molecule has 1 aromatic carbocycles. The van der Waals surface area contributed by atoms with Gasteiger partial charge in [-0.15, -0.1) is 0 Å². The number of amides is 2. The van der Waals surface area contributed by atoms with E-state index in [0.717, 1.165) is 24.2 Å². The molecular formula is C15H21N3O2. The molecule has 0 aromatic heterocycles. The van der Waals surface area contributed by atoms with Crippen molar-refractivity contribution >= 4 is 17.5 Å². The number of benzene rings is 1. The molecule has 0 saturated carbocycles. The third kappa shape index (κ3) is 3.36. The second kappa shape index (κ2) is 6.05. The predicted octanol–water partition coefficient (Wildman–Crippen LogP) is 0.913. The van der Waals surface area contributed by atoms with Gasteiger partial charge >= 0.3 is 0 Å². The molecule has 1 saturated heterocycles. The molecule has 0 spiro atoms. The van der Waals surface area contributed by atoms with Gasteiger partial charge in [-0.1, -0.05) is 12.1 Å². The van der Waals surface area contributed by atoms with Crippen LogP contribution in [0.1, 0.15) is 18.9 Å². The third-order valence-electron chi connectivity index (χ3n) is 3.77. The van der Waals surface area contributed by atoms with Crippen LogP contribution < -0.4 is 16.0 Å². The Morgan fingerprint density at radius 2 is 2.00 bits per heavy atom. The van der Waals surface area contributed by atoms with E-state index in [4.69, 9.17) is 0 Å². The standard InChI is InChI=1S/C15H21N3O2/c1-15(7-8-17-10-15)14(20)18-12-5-3-11(4-6-12)9-13(19)16-2/h3-6,17H,7-10H2,1-2H3,(H,16,19)(H,18,20). The van der Waals surface area contributed by atoms with Gasteiger partial charge in [0.2, 0.25) is 11.8 Å². The Hall–Kier alpha value is -1.88. The lowest BCUT2D eigenvalue weighted by Crippen LogP contribution is -2.35. The van der Waals surface area contributed by atoms with E-state index in [1.807, 2.05) is 31.2 Å². The Morgan fingerprint density at radius 3 is 2.55 bits per heavy atom. The zero-order valence-corrected chi connectivity index (χ0v) is 12.0. The molecule has 1 unspecified atom stereocenters. The van der Waals surface area contributed by atoms with E-state index in [1.165, 1.54) is 0 Å². The molecule has 2 rings (SSSR count). The van der Waals surface area contributed by atoms with Crippen molar-refractivity contribution in [3.8, 4) is 0 Å². The van der Waals surface area contributed by atoms with Gasteiger partial charge in [0.25, 0.3) is 0 Å². The third-order valence-corrected chi connectivity index (χ3v) is 3.77. The van der Waals surface area contributed by atoms with Crippen LogP contribution in [0.4, 0.5) is 5.69 Å². The van der Waals surface area contributed by atoms with Gasteiger partial charge in [-0.05, 0) is 37.6 Å². The molecule has 1 atom stereocenters. The fraction of sp³-hybridized carbons (Fsp3) is 0.467. The van der Waals surface area contributed by atoms with Gasteiger partial charge < -0.3 is 16.0 Å². The first-order valence-corrected chi connectivity index (χ1v) is 6.85. The number of rotatable bonds is 4. The molecule has 1 aliphatic heterocycles. The fourth-order valence-electron chi connectivity index (χ4n) is 2.27. The molecule has 1 aliphatic rings. The highest BCUT2D eigenvalue weighted by Crippen LogP contribution is 2.26. The Bertz CT molecular complexity index is 490. The second-order valence-electron chi connectivity index (χ2n) is 5.49. The molecule has 0 aliphatic carbocycles. The van der Waals surface area contributed by atoms with Crippen molar-refractivity contribution in [3.05, 3.63) is 29.8 Å². The van der Waals surface area contributed by atoms with Crippen LogP contribution in [0.2, 0.25) is 0 Å². The highest BCUT2D eigenvalue weighted by Gasteiger charge is 2.36. The Kier molecular flexibility index (Phi) is 4.39. The molecule has 3 N–H and O–H groups in total. The summed E-state index contributed by atoms with van der Waals surface area (Å²) in [6.45, 7) is 3.57. The lowest BCUT2D eigenvalue weighted by atomic mass is 9.88. The minimum atomic E-state index is -0.333. The lowest BCUT2D eigenvalue weighted by Gasteiger charge is -2.21. The SMILES string of the molecule is CNC(=O)Cc1ccc(NC(=O)C2(C)CCNC2)cc1. The van der Waals surface area contributed by atoms with E-state index in [9.17, 15) is 9.59 Å². The average molecular weight is 275 g/mol. The van der Waals surface area contributed by atoms with Gasteiger partial charge in [-0.3, -0.25) is 9.59 Å². The number of hydrogen-bond donors (Lipinski definition) is 3. The topological polar surface area (TPSA) is 70.2 Å². The summed E-state index contributed by atoms with van der Waals surface area (Å²) in [5, 5.41) is 8.74. The zero-order valence-electron chi connectivity index (χ0n) is 12.0. The van der Waals surface area contributed by atoms with Gasteiger partial charge in [0.1, 0.15) is 0 Å². The minimum Gasteiger partial charge on any atom is -0.359 e. The van der Waals surface area contributed by atoms with E-state index in [2.05, 4.69) is 16.0 Å². The first kappa shape index (κ1) is 14.5. The van der Waals surface area contributed by atoms with Gasteiger partial charge in [0.05, 0.1) is 11.8 Å². The molecule has 5 nitrogen and oxygen atoms in total. The zero-order chi connectivity index (χ0) is 14.6.